The molecule has 2 aliphatic heterocycles. The largest absolute Gasteiger partial charge is 0.325 e. The van der Waals surface area contributed by atoms with Crippen molar-refractivity contribution in [2.75, 3.05) is 24.2 Å². The molecule has 9 nitrogen and oxygen atoms in total. The van der Waals surface area contributed by atoms with Gasteiger partial charge in [0.2, 0.25) is 5.91 Å². The van der Waals surface area contributed by atoms with Crippen LogP contribution in [0.5, 0.6) is 0 Å². The maximum atomic E-state index is 14.1. The number of rotatable bonds is 5. The van der Waals surface area contributed by atoms with Crippen molar-refractivity contribution < 1.29 is 32.1 Å². The predicted octanol–water partition coefficient (Wildman–Crippen LogP) is 2.90. The second-order valence-corrected chi connectivity index (χ2v) is 9.81. The van der Waals surface area contributed by atoms with Crippen LogP contribution in [-0.2, 0) is 24.6 Å². The highest BCUT2D eigenvalue weighted by atomic mass is 19.2. The SMILES string of the molecule is [2H]C([2H])([2H])N(C(=O)C(=O)Nc1ccc(F)c(F)c1)[C@@H](CC1CC1)C(=O)N1C[C@]2(C[C@H]1[N+]#[C-])C(=O)Nc1ccccc12. The Bertz CT molecular complexity index is 1490. The van der Waals surface area contributed by atoms with Gasteiger partial charge in [-0.05, 0) is 36.1 Å². The summed E-state index contributed by atoms with van der Waals surface area (Å²) < 4.78 is 51.1. The van der Waals surface area contributed by atoms with Gasteiger partial charge in [-0.15, -0.1) is 0 Å². The first kappa shape index (κ1) is 21.7. The number of benzene rings is 2. The Morgan fingerprint density at radius 3 is 2.71 bits per heavy atom. The number of likely N-dealkylation sites (tertiary alicyclic amines) is 1. The molecule has 0 unspecified atom stereocenters. The lowest BCUT2D eigenvalue weighted by molar-refractivity contribution is -0.149. The van der Waals surface area contributed by atoms with Crippen molar-refractivity contribution in [1.29, 1.82) is 0 Å². The van der Waals surface area contributed by atoms with Crippen LogP contribution in [0.3, 0.4) is 0 Å². The third kappa shape index (κ3) is 4.36. The number of halogens is 2. The molecule has 1 saturated heterocycles. The summed E-state index contributed by atoms with van der Waals surface area (Å²) in [7, 11) is 0. The molecule has 3 aliphatic rings. The average Bonchev–Trinajstić information content (AvgIpc) is 3.59. The number of anilines is 2. The maximum absolute atomic E-state index is 14.1. The minimum atomic E-state index is -3.25. The Balaban J connectivity index is 1.46. The van der Waals surface area contributed by atoms with E-state index in [0.717, 1.165) is 17.0 Å². The topological polar surface area (TPSA) is 103 Å². The van der Waals surface area contributed by atoms with Gasteiger partial charge in [-0.2, -0.15) is 0 Å². The second-order valence-electron chi connectivity index (χ2n) is 9.81. The molecule has 0 aromatic heterocycles. The van der Waals surface area contributed by atoms with E-state index in [2.05, 4.69) is 15.5 Å². The fourth-order valence-corrected chi connectivity index (χ4v) is 5.14. The Morgan fingerprint density at radius 2 is 2.03 bits per heavy atom. The van der Waals surface area contributed by atoms with Crippen molar-refractivity contribution in [2.45, 2.75) is 43.3 Å². The normalized spacial score (nSPS) is 23.9. The molecule has 2 N–H and O–H groups in total. The number of carbonyl (C=O) groups is 4. The van der Waals surface area contributed by atoms with Crippen molar-refractivity contribution in [2.24, 2.45) is 5.92 Å². The number of fused-ring (bicyclic) bond motifs is 2. The van der Waals surface area contributed by atoms with Crippen LogP contribution < -0.4 is 10.6 Å². The molecule has 2 fully saturated rings. The van der Waals surface area contributed by atoms with E-state index in [1.807, 2.05) is 0 Å². The highest BCUT2D eigenvalue weighted by Crippen LogP contribution is 2.47. The van der Waals surface area contributed by atoms with Gasteiger partial charge in [0, 0.05) is 35.1 Å². The summed E-state index contributed by atoms with van der Waals surface area (Å²) in [6.45, 7) is 4.28. The van der Waals surface area contributed by atoms with E-state index in [1.54, 1.807) is 24.3 Å². The zero-order valence-electron chi connectivity index (χ0n) is 23.0. The van der Waals surface area contributed by atoms with E-state index in [-0.39, 0.29) is 35.9 Å². The molecular formula is C27H25F2N5O4. The second kappa shape index (κ2) is 9.52. The number of carbonyl (C=O) groups excluding carboxylic acids is 4. The highest BCUT2D eigenvalue weighted by molar-refractivity contribution is 6.39. The van der Waals surface area contributed by atoms with E-state index >= 15 is 0 Å². The lowest BCUT2D eigenvalue weighted by atomic mass is 9.80. The van der Waals surface area contributed by atoms with Gasteiger partial charge in [0.15, 0.2) is 11.6 Å². The van der Waals surface area contributed by atoms with Gasteiger partial charge < -0.3 is 15.5 Å². The summed E-state index contributed by atoms with van der Waals surface area (Å²) in [6, 6.07) is 7.60. The molecule has 1 aliphatic carbocycles. The van der Waals surface area contributed by atoms with E-state index in [9.17, 15) is 28.0 Å². The lowest BCUT2D eigenvalue weighted by Crippen LogP contribution is -2.53. The van der Waals surface area contributed by atoms with Crippen molar-refractivity contribution in [3.8, 4) is 0 Å². The Kier molecular flexibility index (Phi) is 5.44. The van der Waals surface area contributed by atoms with Crippen LogP contribution in [0.15, 0.2) is 42.5 Å². The third-order valence-electron chi connectivity index (χ3n) is 7.33. The van der Waals surface area contributed by atoms with Gasteiger partial charge in [0.1, 0.15) is 11.5 Å². The number of nitrogens with zero attached hydrogens (tertiary/aromatic N) is 3. The summed E-state index contributed by atoms with van der Waals surface area (Å²) in [4.78, 5) is 58.3. The summed E-state index contributed by atoms with van der Waals surface area (Å²) >= 11 is 0. The summed E-state index contributed by atoms with van der Waals surface area (Å²) in [5, 5.41) is 4.84. The Morgan fingerprint density at radius 1 is 1.26 bits per heavy atom. The van der Waals surface area contributed by atoms with E-state index in [4.69, 9.17) is 10.7 Å². The predicted molar refractivity (Wildman–Crippen MR) is 132 cm³/mol. The van der Waals surface area contributed by atoms with Crippen molar-refractivity contribution in [3.63, 3.8) is 0 Å². The number of hydrogen-bond acceptors (Lipinski definition) is 4. The molecule has 2 aromatic carbocycles. The van der Waals surface area contributed by atoms with E-state index in [0.29, 0.717) is 30.2 Å². The van der Waals surface area contributed by atoms with Crippen LogP contribution in [-0.4, -0.2) is 59.2 Å². The molecule has 5 rings (SSSR count). The molecule has 0 bridgehead atoms. The number of hydrogen-bond donors (Lipinski definition) is 2. The highest BCUT2D eigenvalue weighted by Gasteiger charge is 2.59. The molecule has 2 aromatic rings. The van der Waals surface area contributed by atoms with Crippen LogP contribution >= 0.6 is 0 Å². The fraction of sp³-hybridized carbons (Fsp3) is 0.370. The van der Waals surface area contributed by atoms with Crippen molar-refractivity contribution in [1.82, 2.24) is 9.80 Å². The minimum absolute atomic E-state index is 0.0282. The maximum Gasteiger partial charge on any atom is 0.313 e. The summed E-state index contributed by atoms with van der Waals surface area (Å²) in [5.74, 6) is -6.88. The van der Waals surface area contributed by atoms with Gasteiger partial charge in [0.25, 0.3) is 5.91 Å². The van der Waals surface area contributed by atoms with Gasteiger partial charge in [0.05, 0.1) is 6.42 Å². The molecule has 11 heteroatoms. The van der Waals surface area contributed by atoms with Gasteiger partial charge >= 0.3 is 18.0 Å². The van der Waals surface area contributed by atoms with Crippen LogP contribution in [0.4, 0.5) is 20.2 Å². The monoisotopic (exact) mass is 524 g/mol. The first-order valence-electron chi connectivity index (χ1n) is 13.5. The smallest absolute Gasteiger partial charge is 0.313 e. The molecule has 4 amide bonds. The van der Waals surface area contributed by atoms with Crippen molar-refractivity contribution in [3.05, 3.63) is 71.1 Å². The van der Waals surface area contributed by atoms with Crippen molar-refractivity contribution >= 4 is 35.0 Å². The van der Waals surface area contributed by atoms with Crippen LogP contribution in [0, 0.1) is 24.1 Å². The standard InChI is InChI=1S/C27H25F2N5O4/c1-30-22-13-27(17-5-3-4-6-20(17)32-26(27)38)14-34(22)24(36)21(11-15-7-8-15)33(2)25(37)23(35)31-16-9-10-18(28)19(29)12-16/h3-6,9-10,12,15,21-22H,7-8,11,13-14H2,2H3,(H,31,35)(H,32,38)/t21-,22-,27-/m0/s1/i2D3. The van der Waals surface area contributed by atoms with Crippen LogP contribution in [0.25, 0.3) is 4.85 Å². The fourth-order valence-electron chi connectivity index (χ4n) is 5.14. The van der Waals surface area contributed by atoms with E-state index in [1.165, 1.54) is 0 Å². The molecule has 3 atom stereocenters. The number of amides is 4. The molecule has 1 saturated carbocycles. The van der Waals surface area contributed by atoms with Gasteiger partial charge in [-0.25, -0.2) is 15.4 Å². The number of nitrogens with one attached hydrogen (secondary N) is 2. The molecule has 2 heterocycles. The quantitative estimate of drug-likeness (QED) is 0.464. The molecular weight excluding hydrogens is 496 g/mol. The zero-order valence-corrected chi connectivity index (χ0v) is 20.0. The first-order chi connectivity index (χ1) is 19.4. The molecule has 196 valence electrons. The Hall–Kier alpha value is -4.33. The number of para-hydroxylation sites is 1. The minimum Gasteiger partial charge on any atom is -0.325 e. The summed E-state index contributed by atoms with van der Waals surface area (Å²) in [5.41, 5.74) is -0.358. The van der Waals surface area contributed by atoms with Gasteiger partial charge in [-0.1, -0.05) is 31.0 Å². The Labute approximate surface area is 221 Å². The molecule has 38 heavy (non-hydrogen) atoms. The van der Waals surface area contributed by atoms with Crippen LogP contribution in [0.1, 0.15) is 35.4 Å². The first-order valence-corrected chi connectivity index (χ1v) is 12.0. The molecule has 1 spiro atoms. The number of likely N-dealkylation sites (N-methyl/N-ethyl adjacent to an activating group) is 1. The zero-order chi connectivity index (χ0) is 29.7. The van der Waals surface area contributed by atoms with Gasteiger partial charge in [-0.3, -0.25) is 28.9 Å². The third-order valence-corrected chi connectivity index (χ3v) is 7.33. The van der Waals surface area contributed by atoms with Crippen LogP contribution in [0.2, 0.25) is 0 Å². The summed E-state index contributed by atoms with van der Waals surface area (Å²) in [6.07, 6.45) is 0.142. The van der Waals surface area contributed by atoms with E-state index < -0.39 is 59.9 Å². The average molecular weight is 525 g/mol. The lowest BCUT2D eigenvalue weighted by Gasteiger charge is -2.31. The molecule has 0 radical (unpaired) electrons.